The van der Waals surface area contributed by atoms with Gasteiger partial charge in [0.15, 0.2) is 5.11 Å². The summed E-state index contributed by atoms with van der Waals surface area (Å²) >= 11 is 5.00. The van der Waals surface area contributed by atoms with Gasteiger partial charge < -0.3 is 10.1 Å². The van der Waals surface area contributed by atoms with Crippen LogP contribution in [0, 0.1) is 5.82 Å². The maximum atomic E-state index is 13.6. The van der Waals surface area contributed by atoms with Crippen LogP contribution in [0.5, 0.6) is 0 Å². The lowest BCUT2D eigenvalue weighted by Crippen LogP contribution is -2.33. The fourth-order valence-corrected chi connectivity index (χ4v) is 1.90. The van der Waals surface area contributed by atoms with Gasteiger partial charge >= 0.3 is 6.09 Å². The molecule has 0 fully saturated rings. The molecule has 7 heteroatoms. The van der Waals surface area contributed by atoms with Gasteiger partial charge in [-0.25, -0.2) is 9.18 Å². The van der Waals surface area contributed by atoms with Crippen molar-refractivity contribution in [3.05, 3.63) is 59.9 Å². The smallest absolute Gasteiger partial charge is 0.413 e. The highest BCUT2D eigenvalue weighted by atomic mass is 32.1. The van der Waals surface area contributed by atoms with E-state index >= 15 is 0 Å². The Morgan fingerprint density at radius 2 is 1.91 bits per heavy atom. The average Bonchev–Trinajstić information content (AvgIpc) is 2.55. The van der Waals surface area contributed by atoms with E-state index in [4.69, 9.17) is 12.2 Å². The van der Waals surface area contributed by atoms with Gasteiger partial charge in [-0.3, -0.25) is 10.3 Å². The van der Waals surface area contributed by atoms with Crippen LogP contribution in [0.1, 0.15) is 5.56 Å². The summed E-state index contributed by atoms with van der Waals surface area (Å²) in [5.74, 6) is -0.357. The van der Waals surface area contributed by atoms with Gasteiger partial charge in [-0.05, 0) is 30.4 Å². The molecule has 118 valence electrons. The SMILES string of the molecule is COC(=O)NC(=S)Nc1ccccc1/N=C/c1ccccc1F. The molecule has 0 bridgehead atoms. The molecule has 23 heavy (non-hydrogen) atoms. The molecule has 0 aliphatic carbocycles. The highest BCUT2D eigenvalue weighted by molar-refractivity contribution is 7.80. The van der Waals surface area contributed by atoms with Crippen LogP contribution < -0.4 is 10.6 Å². The monoisotopic (exact) mass is 331 g/mol. The van der Waals surface area contributed by atoms with Crippen molar-refractivity contribution in [2.24, 2.45) is 4.99 Å². The number of carbonyl (C=O) groups is 1. The number of benzene rings is 2. The molecule has 0 saturated carbocycles. The molecule has 0 unspecified atom stereocenters. The fourth-order valence-electron chi connectivity index (χ4n) is 1.71. The quantitative estimate of drug-likeness (QED) is 0.666. The van der Waals surface area contributed by atoms with Gasteiger partial charge in [0.1, 0.15) is 5.82 Å². The van der Waals surface area contributed by atoms with Crippen LogP contribution in [-0.2, 0) is 4.74 Å². The number of rotatable bonds is 3. The molecule has 2 aromatic carbocycles. The predicted molar refractivity (Wildman–Crippen MR) is 91.9 cm³/mol. The minimum Gasteiger partial charge on any atom is -0.453 e. The molecule has 2 N–H and O–H groups in total. The number of alkyl carbamates (subject to hydrolysis) is 1. The van der Waals surface area contributed by atoms with E-state index in [2.05, 4.69) is 20.4 Å². The second kappa shape index (κ2) is 8.00. The number of aliphatic imine (C=N–C) groups is 1. The van der Waals surface area contributed by atoms with Gasteiger partial charge in [-0.1, -0.05) is 30.3 Å². The molecule has 0 aliphatic heterocycles. The summed E-state index contributed by atoms with van der Waals surface area (Å²) in [6.07, 6.45) is 0.752. The largest absolute Gasteiger partial charge is 0.453 e. The van der Waals surface area contributed by atoms with Crippen molar-refractivity contribution in [2.75, 3.05) is 12.4 Å². The Bertz CT molecular complexity index is 750. The Labute approximate surface area is 138 Å². The van der Waals surface area contributed by atoms with Gasteiger partial charge in [-0.15, -0.1) is 0 Å². The first-order chi connectivity index (χ1) is 11.1. The molecule has 0 heterocycles. The topological polar surface area (TPSA) is 62.7 Å². The van der Waals surface area contributed by atoms with E-state index in [-0.39, 0.29) is 10.9 Å². The van der Waals surface area contributed by atoms with E-state index in [9.17, 15) is 9.18 Å². The number of anilines is 1. The number of para-hydroxylation sites is 2. The number of ether oxygens (including phenoxy) is 1. The van der Waals surface area contributed by atoms with Crippen LogP contribution in [0.3, 0.4) is 0 Å². The summed E-state index contributed by atoms with van der Waals surface area (Å²) in [6.45, 7) is 0. The molecule has 0 aliphatic rings. The van der Waals surface area contributed by atoms with E-state index in [0.29, 0.717) is 16.9 Å². The summed E-state index contributed by atoms with van der Waals surface area (Å²) in [5.41, 5.74) is 1.49. The second-order valence-electron chi connectivity index (χ2n) is 4.37. The maximum absolute atomic E-state index is 13.6. The third-order valence-electron chi connectivity index (χ3n) is 2.80. The average molecular weight is 331 g/mol. The predicted octanol–water partition coefficient (Wildman–Crippen LogP) is 3.63. The van der Waals surface area contributed by atoms with Crippen LogP contribution in [0.4, 0.5) is 20.6 Å². The number of nitrogens with one attached hydrogen (secondary N) is 2. The lowest BCUT2D eigenvalue weighted by atomic mass is 10.2. The molecule has 0 aromatic heterocycles. The van der Waals surface area contributed by atoms with Crippen molar-refractivity contribution < 1.29 is 13.9 Å². The van der Waals surface area contributed by atoms with E-state index < -0.39 is 6.09 Å². The van der Waals surface area contributed by atoms with Gasteiger partial charge in [0.05, 0.1) is 18.5 Å². The zero-order chi connectivity index (χ0) is 16.7. The van der Waals surface area contributed by atoms with Gasteiger partial charge in [-0.2, -0.15) is 0 Å². The van der Waals surface area contributed by atoms with Gasteiger partial charge in [0.2, 0.25) is 0 Å². The van der Waals surface area contributed by atoms with Crippen LogP contribution in [0.25, 0.3) is 0 Å². The maximum Gasteiger partial charge on any atom is 0.413 e. The van der Waals surface area contributed by atoms with Crippen molar-refractivity contribution >= 4 is 41.0 Å². The first kappa shape index (κ1) is 16.6. The zero-order valence-corrected chi connectivity index (χ0v) is 13.1. The standard InChI is InChI=1S/C16H14FN3O2S/c1-22-16(21)20-15(23)19-14-9-5-4-8-13(14)18-10-11-6-2-3-7-12(11)17/h2-10H,1H3,(H2,19,20,21,23)/b18-10+. The molecule has 0 saturated heterocycles. The number of thiocarbonyl (C=S) groups is 1. The minimum atomic E-state index is -0.671. The van der Waals surface area contributed by atoms with Gasteiger partial charge in [0.25, 0.3) is 0 Å². The summed E-state index contributed by atoms with van der Waals surface area (Å²) in [4.78, 5) is 15.4. The number of halogens is 1. The summed E-state index contributed by atoms with van der Waals surface area (Å²) in [7, 11) is 1.24. The molecule has 5 nitrogen and oxygen atoms in total. The molecular formula is C16H14FN3O2S. The highest BCUT2D eigenvalue weighted by Crippen LogP contribution is 2.24. The first-order valence-corrected chi connectivity index (χ1v) is 7.04. The Morgan fingerprint density at radius 1 is 1.22 bits per heavy atom. The molecule has 2 rings (SSSR count). The normalized spacial score (nSPS) is 10.3. The van der Waals surface area contributed by atoms with Gasteiger partial charge in [0, 0.05) is 11.8 Å². The molecule has 0 spiro atoms. The molecule has 1 amide bonds. The van der Waals surface area contributed by atoms with Crippen LogP contribution in [0.15, 0.2) is 53.5 Å². The first-order valence-electron chi connectivity index (χ1n) is 6.63. The third-order valence-corrected chi connectivity index (χ3v) is 3.01. The Morgan fingerprint density at radius 3 is 2.65 bits per heavy atom. The zero-order valence-electron chi connectivity index (χ0n) is 12.2. The van der Waals surface area contributed by atoms with Crippen molar-refractivity contribution in [1.29, 1.82) is 0 Å². The number of nitrogens with zero attached hydrogens (tertiary/aromatic N) is 1. The van der Waals surface area contributed by atoms with E-state index in [1.807, 2.05) is 0 Å². The minimum absolute atomic E-state index is 0.0744. The Balaban J connectivity index is 2.16. The lowest BCUT2D eigenvalue weighted by molar-refractivity contribution is 0.177. The Kier molecular flexibility index (Phi) is 5.76. The van der Waals surface area contributed by atoms with Crippen molar-refractivity contribution in [3.8, 4) is 0 Å². The second-order valence-corrected chi connectivity index (χ2v) is 4.78. The van der Waals surface area contributed by atoms with E-state index in [1.54, 1.807) is 42.5 Å². The molecule has 2 aromatic rings. The molecular weight excluding hydrogens is 317 g/mol. The lowest BCUT2D eigenvalue weighted by Gasteiger charge is -2.10. The highest BCUT2D eigenvalue weighted by Gasteiger charge is 2.06. The number of methoxy groups -OCH3 is 1. The fraction of sp³-hybridized carbons (Fsp3) is 0.0625. The van der Waals surface area contributed by atoms with Crippen molar-refractivity contribution in [1.82, 2.24) is 5.32 Å². The van der Waals surface area contributed by atoms with Crippen LogP contribution in [0.2, 0.25) is 0 Å². The van der Waals surface area contributed by atoms with Crippen LogP contribution in [-0.4, -0.2) is 24.5 Å². The summed E-state index contributed by atoms with van der Waals surface area (Å²) in [6, 6.07) is 13.4. The number of amides is 1. The summed E-state index contributed by atoms with van der Waals surface area (Å²) in [5, 5.41) is 5.25. The number of hydrogen-bond acceptors (Lipinski definition) is 4. The van der Waals surface area contributed by atoms with E-state index in [0.717, 1.165) is 0 Å². The van der Waals surface area contributed by atoms with E-state index in [1.165, 1.54) is 19.4 Å². The van der Waals surface area contributed by atoms with Crippen molar-refractivity contribution in [2.45, 2.75) is 0 Å². The molecule has 0 radical (unpaired) electrons. The molecule has 0 atom stereocenters. The number of carbonyl (C=O) groups excluding carboxylic acids is 1. The van der Waals surface area contributed by atoms with Crippen molar-refractivity contribution in [3.63, 3.8) is 0 Å². The van der Waals surface area contributed by atoms with Crippen LogP contribution >= 0.6 is 12.2 Å². The third kappa shape index (κ3) is 4.86. The Hall–Kier alpha value is -2.80. The number of hydrogen-bond donors (Lipinski definition) is 2. The summed E-state index contributed by atoms with van der Waals surface area (Å²) < 4.78 is 18.1.